The predicted molar refractivity (Wildman–Crippen MR) is 92.1 cm³/mol. The highest BCUT2D eigenvalue weighted by molar-refractivity contribution is 5.98. The molecule has 4 rings (SSSR count). The van der Waals surface area contributed by atoms with E-state index >= 15 is 0 Å². The van der Waals surface area contributed by atoms with Crippen LogP contribution in [0.5, 0.6) is 0 Å². The Kier molecular flexibility index (Phi) is 3.13. The predicted octanol–water partition coefficient (Wildman–Crippen LogP) is 3.41. The van der Waals surface area contributed by atoms with E-state index in [0.717, 1.165) is 40.1 Å². The summed E-state index contributed by atoms with van der Waals surface area (Å²) in [6.07, 6.45) is 0. The summed E-state index contributed by atoms with van der Waals surface area (Å²) in [7, 11) is 1.73. The summed E-state index contributed by atoms with van der Waals surface area (Å²) in [6.45, 7) is 7.80. The number of aryl methyl sites for hydroxylation is 2. The number of aromatic nitrogens is 4. The fourth-order valence-corrected chi connectivity index (χ4v) is 3.41. The zero-order valence-corrected chi connectivity index (χ0v) is 13.9. The lowest BCUT2D eigenvalue weighted by molar-refractivity contribution is 0.187. The molecule has 3 heterocycles. The molecular weight excluding hydrogens is 288 g/mol. The third-order valence-electron chi connectivity index (χ3n) is 4.70. The summed E-state index contributed by atoms with van der Waals surface area (Å²) >= 11 is 0. The van der Waals surface area contributed by atoms with Gasteiger partial charge < -0.3 is 9.30 Å². The third kappa shape index (κ3) is 1.90. The fourth-order valence-electron chi connectivity index (χ4n) is 3.41. The number of para-hydroxylation sites is 2. The van der Waals surface area contributed by atoms with E-state index in [0.29, 0.717) is 6.61 Å². The van der Waals surface area contributed by atoms with Crippen molar-refractivity contribution in [2.75, 3.05) is 13.7 Å². The molecule has 0 atom stereocenters. The van der Waals surface area contributed by atoms with Gasteiger partial charge in [-0.15, -0.1) is 0 Å². The van der Waals surface area contributed by atoms with Crippen molar-refractivity contribution in [3.8, 4) is 0 Å². The minimum atomic E-state index is 0.673. The van der Waals surface area contributed by atoms with E-state index in [1.165, 1.54) is 11.3 Å². The molecule has 0 unspecified atom stereocenters. The Balaban J connectivity index is 2.17. The largest absolute Gasteiger partial charge is 0.383 e. The Morgan fingerprint density at radius 2 is 1.83 bits per heavy atom. The smallest absolute Gasteiger partial charge is 0.150 e. The fraction of sp³-hybridized carbons (Fsp3) is 0.333. The number of nitrogens with zero attached hydrogens (tertiary/aromatic N) is 4. The van der Waals surface area contributed by atoms with Gasteiger partial charge in [0.05, 0.1) is 23.0 Å². The van der Waals surface area contributed by atoms with Crippen LogP contribution in [0, 0.1) is 20.8 Å². The average molecular weight is 308 g/mol. The monoisotopic (exact) mass is 308 g/mol. The van der Waals surface area contributed by atoms with Gasteiger partial charge in [0, 0.05) is 19.3 Å². The van der Waals surface area contributed by atoms with E-state index in [2.05, 4.69) is 34.9 Å². The molecule has 0 aliphatic heterocycles. The molecule has 0 saturated carbocycles. The van der Waals surface area contributed by atoms with E-state index < -0.39 is 0 Å². The zero-order chi connectivity index (χ0) is 16.1. The van der Waals surface area contributed by atoms with Crippen LogP contribution in [0.25, 0.3) is 27.7 Å². The van der Waals surface area contributed by atoms with E-state index in [1.54, 1.807) is 7.11 Å². The lowest BCUT2D eigenvalue weighted by Gasteiger charge is -2.08. The van der Waals surface area contributed by atoms with Crippen molar-refractivity contribution in [1.82, 2.24) is 18.9 Å². The minimum absolute atomic E-state index is 0.673. The van der Waals surface area contributed by atoms with Crippen molar-refractivity contribution in [3.63, 3.8) is 0 Å². The van der Waals surface area contributed by atoms with Gasteiger partial charge in [-0.3, -0.25) is 4.40 Å². The Bertz CT molecular complexity index is 1040. The Morgan fingerprint density at radius 3 is 2.61 bits per heavy atom. The number of hydrogen-bond acceptors (Lipinski definition) is 3. The second-order valence-electron chi connectivity index (χ2n) is 5.97. The summed E-state index contributed by atoms with van der Waals surface area (Å²) in [6, 6.07) is 8.22. The van der Waals surface area contributed by atoms with Gasteiger partial charge in [-0.25, -0.2) is 9.97 Å². The summed E-state index contributed by atoms with van der Waals surface area (Å²) in [4.78, 5) is 9.77. The summed E-state index contributed by atoms with van der Waals surface area (Å²) in [5, 5.41) is 1.14. The molecule has 0 aliphatic carbocycles. The van der Waals surface area contributed by atoms with Gasteiger partial charge in [0.2, 0.25) is 0 Å². The topological polar surface area (TPSA) is 44.4 Å². The number of hydrogen-bond donors (Lipinski definition) is 0. The van der Waals surface area contributed by atoms with Crippen LogP contribution in [0.1, 0.15) is 17.1 Å². The third-order valence-corrected chi connectivity index (χ3v) is 4.70. The zero-order valence-electron chi connectivity index (χ0n) is 13.9. The highest BCUT2D eigenvalue weighted by Crippen LogP contribution is 2.30. The molecule has 0 radical (unpaired) electrons. The van der Waals surface area contributed by atoms with Crippen molar-refractivity contribution in [2.24, 2.45) is 0 Å². The Hall–Kier alpha value is -2.40. The molecule has 1 aromatic carbocycles. The molecule has 0 amide bonds. The second kappa shape index (κ2) is 5.06. The highest BCUT2D eigenvalue weighted by Gasteiger charge is 2.19. The number of benzene rings is 1. The average Bonchev–Trinajstić information content (AvgIpc) is 3.03. The Morgan fingerprint density at radius 1 is 1.04 bits per heavy atom. The molecular formula is C18H20N4O. The second-order valence-corrected chi connectivity index (χ2v) is 5.97. The lowest BCUT2D eigenvalue weighted by Crippen LogP contribution is -2.07. The van der Waals surface area contributed by atoms with Crippen molar-refractivity contribution >= 4 is 27.7 Å². The molecule has 5 heteroatoms. The maximum absolute atomic E-state index is 5.26. The summed E-state index contributed by atoms with van der Waals surface area (Å²) in [5.74, 6) is 0.956. The first kappa shape index (κ1) is 14.2. The van der Waals surface area contributed by atoms with E-state index in [9.17, 15) is 0 Å². The molecule has 118 valence electrons. The molecule has 0 spiro atoms. The first-order valence-corrected chi connectivity index (χ1v) is 7.85. The van der Waals surface area contributed by atoms with Crippen LogP contribution < -0.4 is 0 Å². The van der Waals surface area contributed by atoms with Gasteiger partial charge in [-0.05, 0) is 38.5 Å². The summed E-state index contributed by atoms with van der Waals surface area (Å²) in [5.41, 5.74) is 6.57. The molecule has 4 aromatic rings. The van der Waals surface area contributed by atoms with E-state index in [4.69, 9.17) is 14.7 Å². The standard InChI is InChI=1S/C18H20N4O/c1-11-12(2)21(9-10-23-4)17-16(11)18-20-14-7-5-6-8-15(14)22(18)13(3)19-17/h5-8H,9-10H2,1-4H3. The quantitative estimate of drug-likeness (QED) is 0.582. The molecule has 0 bridgehead atoms. The van der Waals surface area contributed by atoms with E-state index in [-0.39, 0.29) is 0 Å². The van der Waals surface area contributed by atoms with Gasteiger partial charge in [-0.2, -0.15) is 0 Å². The molecule has 0 N–H and O–H groups in total. The molecule has 0 saturated heterocycles. The van der Waals surface area contributed by atoms with Crippen molar-refractivity contribution in [1.29, 1.82) is 0 Å². The number of methoxy groups -OCH3 is 1. The van der Waals surface area contributed by atoms with Gasteiger partial charge in [0.25, 0.3) is 0 Å². The molecule has 5 nitrogen and oxygen atoms in total. The number of fused-ring (bicyclic) bond motifs is 5. The van der Waals surface area contributed by atoms with Gasteiger partial charge in [-0.1, -0.05) is 12.1 Å². The van der Waals surface area contributed by atoms with Crippen LogP contribution in [-0.4, -0.2) is 32.7 Å². The molecule has 23 heavy (non-hydrogen) atoms. The normalized spacial score (nSPS) is 12.0. The van der Waals surface area contributed by atoms with Gasteiger partial charge in [0.15, 0.2) is 5.65 Å². The maximum atomic E-state index is 5.26. The van der Waals surface area contributed by atoms with Crippen LogP contribution in [0.2, 0.25) is 0 Å². The van der Waals surface area contributed by atoms with Crippen molar-refractivity contribution in [2.45, 2.75) is 27.3 Å². The first-order valence-electron chi connectivity index (χ1n) is 7.85. The van der Waals surface area contributed by atoms with Crippen LogP contribution in [-0.2, 0) is 11.3 Å². The molecule has 0 aliphatic rings. The number of ether oxygens (including phenoxy) is 1. The minimum Gasteiger partial charge on any atom is -0.383 e. The van der Waals surface area contributed by atoms with Crippen LogP contribution in [0.4, 0.5) is 0 Å². The van der Waals surface area contributed by atoms with Crippen molar-refractivity contribution < 1.29 is 4.74 Å². The van der Waals surface area contributed by atoms with Crippen molar-refractivity contribution in [3.05, 3.63) is 41.3 Å². The maximum Gasteiger partial charge on any atom is 0.150 e. The van der Waals surface area contributed by atoms with Crippen LogP contribution in [0.3, 0.4) is 0 Å². The van der Waals surface area contributed by atoms with E-state index in [1.807, 2.05) is 19.1 Å². The summed E-state index contributed by atoms with van der Waals surface area (Å²) < 4.78 is 9.65. The number of rotatable bonds is 3. The van der Waals surface area contributed by atoms with Crippen LogP contribution in [0.15, 0.2) is 24.3 Å². The van der Waals surface area contributed by atoms with Gasteiger partial charge >= 0.3 is 0 Å². The van der Waals surface area contributed by atoms with Gasteiger partial charge in [0.1, 0.15) is 11.5 Å². The highest BCUT2D eigenvalue weighted by atomic mass is 16.5. The Labute approximate surface area is 134 Å². The lowest BCUT2D eigenvalue weighted by atomic mass is 10.2. The van der Waals surface area contributed by atoms with Crippen LogP contribution >= 0.6 is 0 Å². The molecule has 3 aromatic heterocycles. The SMILES string of the molecule is COCCn1c(C)c(C)c2c1nc(C)n1c3ccccc3nc21. The first-order chi connectivity index (χ1) is 11.1. The number of imidazole rings is 1. The molecule has 0 fully saturated rings.